The van der Waals surface area contributed by atoms with Gasteiger partial charge in [-0.05, 0) is 70.1 Å². The summed E-state index contributed by atoms with van der Waals surface area (Å²) in [6.07, 6.45) is 5.11. The number of nitrogens with zero attached hydrogens (tertiary/aromatic N) is 2. The van der Waals surface area contributed by atoms with Crippen molar-refractivity contribution in [1.29, 1.82) is 0 Å². The fourth-order valence-corrected chi connectivity index (χ4v) is 9.36. The summed E-state index contributed by atoms with van der Waals surface area (Å²) >= 11 is 0. The predicted octanol–water partition coefficient (Wildman–Crippen LogP) is -0.821. The molecule has 3 aliphatic rings. The molecule has 0 unspecified atom stereocenters. The standard InChI is InChI=1S/C52H81N7O15/c1-5-6-7-8-9-10-11-12-13-14-15-16-17-18-19-20-40(66)53-36-27-39(65)48(70)57-50(72)44-45(67)30(2)28-59(44)52(74)42(32(4)61)55-49(71)43(38(64)25-33-21-23-34(62)24-22-33)56-47(69)37-26-35(63)29-58(37)51(73)41(31(3)60)54-46(36)68/h9-10,12-13,21-24,30-32,35-39,41-45,48,60-65,67,70H,5-8,11,14-20,25-29H2,1-4H3,(H,53,66)(H,54,68)(H,55,71)(H,56,69)(H,57,72)/t30-,31-,32-,35-,36+,37+,38+,39+,41+,42-,43-,44+,45+,48-/m0/s1. The minimum Gasteiger partial charge on any atom is -0.508 e. The smallest absolute Gasteiger partial charge is 0.248 e. The van der Waals surface area contributed by atoms with Crippen molar-refractivity contribution in [3.63, 3.8) is 0 Å². The van der Waals surface area contributed by atoms with E-state index in [0.29, 0.717) is 18.4 Å². The van der Waals surface area contributed by atoms with Gasteiger partial charge in [-0.25, -0.2) is 0 Å². The Morgan fingerprint density at radius 1 is 0.689 bits per heavy atom. The second-order valence-electron chi connectivity index (χ2n) is 20.0. The highest BCUT2D eigenvalue weighted by atomic mass is 16.3. The van der Waals surface area contributed by atoms with Crippen molar-refractivity contribution in [2.45, 2.75) is 203 Å². The number of allylic oxidation sites excluding steroid dienone is 4. The summed E-state index contributed by atoms with van der Waals surface area (Å²) < 4.78 is 0. The summed E-state index contributed by atoms with van der Waals surface area (Å²) in [5.41, 5.74) is 0.378. The van der Waals surface area contributed by atoms with E-state index in [2.05, 4.69) is 57.8 Å². The van der Waals surface area contributed by atoms with E-state index in [1.54, 1.807) is 0 Å². The van der Waals surface area contributed by atoms with E-state index in [4.69, 9.17) is 0 Å². The van der Waals surface area contributed by atoms with E-state index < -0.39 is 146 Å². The molecule has 0 spiro atoms. The number of fused-ring (bicyclic) bond motifs is 2. The number of hydrogen-bond donors (Lipinski definition) is 13. The molecule has 22 heteroatoms. The number of phenolic OH excluding ortho intramolecular Hbond substituents is 1. The summed E-state index contributed by atoms with van der Waals surface area (Å²) in [4.78, 5) is 100. The lowest BCUT2D eigenvalue weighted by Crippen LogP contribution is -2.64. The number of amides is 7. The molecule has 0 radical (unpaired) electrons. The molecule has 0 aromatic heterocycles. The SMILES string of the molecule is CCCCCC=CCC=CCCCCCCCC(=O)N[C@@H]1C[C@@H](O)[C@H](O)NC(=O)[C@H]2[C@H](O)[C@@H](C)CN2C(=O)[C@H]([C@H](C)O)NC(=O)[C@H]([C@H](O)Cc2ccc(O)cc2)NC(=O)[C@H]2C[C@H](O)CN2C(=O)[C@@H]([C@H](C)O)NC1=O. The Morgan fingerprint density at radius 3 is 1.88 bits per heavy atom. The molecule has 0 aliphatic carbocycles. The summed E-state index contributed by atoms with van der Waals surface area (Å²) in [5, 5.41) is 99.5. The lowest BCUT2D eigenvalue weighted by molar-refractivity contribution is -0.148. The van der Waals surface area contributed by atoms with Crippen molar-refractivity contribution >= 4 is 41.4 Å². The van der Waals surface area contributed by atoms with Crippen LogP contribution in [0.4, 0.5) is 0 Å². The normalized spacial score (nSPS) is 29.2. The number of aliphatic hydroxyl groups is 7. The molecule has 7 amide bonds. The van der Waals surface area contributed by atoms with Gasteiger partial charge in [0.2, 0.25) is 41.4 Å². The molecule has 3 fully saturated rings. The number of aliphatic hydroxyl groups excluding tert-OH is 7. The Morgan fingerprint density at radius 2 is 1.26 bits per heavy atom. The van der Waals surface area contributed by atoms with Gasteiger partial charge in [0.05, 0.1) is 30.5 Å². The number of hydrogen-bond acceptors (Lipinski definition) is 15. The van der Waals surface area contributed by atoms with Gasteiger partial charge in [0.25, 0.3) is 0 Å². The fraction of sp³-hybridized carbons (Fsp3) is 0.673. The number of benzene rings is 1. The monoisotopic (exact) mass is 1040 g/mol. The highest BCUT2D eigenvalue weighted by Crippen LogP contribution is 2.27. The molecular weight excluding hydrogens is 963 g/mol. The van der Waals surface area contributed by atoms with Crippen LogP contribution in [0.3, 0.4) is 0 Å². The number of phenols is 1. The van der Waals surface area contributed by atoms with Crippen LogP contribution in [0.25, 0.3) is 0 Å². The molecular formula is C52H81N7O15. The number of nitrogens with one attached hydrogen (secondary N) is 5. The minimum absolute atomic E-state index is 0.0536. The maximum absolute atomic E-state index is 14.3. The van der Waals surface area contributed by atoms with Gasteiger partial charge in [0.1, 0.15) is 48.1 Å². The molecule has 1 aromatic carbocycles. The summed E-state index contributed by atoms with van der Waals surface area (Å²) in [5.74, 6) is -8.35. The first-order chi connectivity index (χ1) is 35.1. The van der Waals surface area contributed by atoms with Gasteiger partial charge >= 0.3 is 0 Å². The maximum atomic E-state index is 14.3. The minimum atomic E-state index is -2.20. The summed E-state index contributed by atoms with van der Waals surface area (Å²) in [6, 6.07) is -5.28. The largest absolute Gasteiger partial charge is 0.508 e. The molecule has 13 N–H and O–H groups in total. The third kappa shape index (κ3) is 18.1. The molecule has 3 heterocycles. The Labute approximate surface area is 433 Å². The maximum Gasteiger partial charge on any atom is 0.248 e. The lowest BCUT2D eigenvalue weighted by Gasteiger charge is -2.33. The molecule has 3 aliphatic heterocycles. The molecule has 74 heavy (non-hydrogen) atoms. The molecule has 3 saturated heterocycles. The Balaban J connectivity index is 1.60. The van der Waals surface area contributed by atoms with E-state index in [1.165, 1.54) is 50.5 Å². The number of carbonyl (C=O) groups excluding carboxylic acids is 7. The molecule has 14 atom stereocenters. The van der Waals surface area contributed by atoms with Crippen LogP contribution in [0.2, 0.25) is 0 Å². The highest BCUT2D eigenvalue weighted by Gasteiger charge is 2.50. The van der Waals surface area contributed by atoms with Gasteiger partial charge in [-0.2, -0.15) is 0 Å². The van der Waals surface area contributed by atoms with Crippen molar-refractivity contribution in [2.75, 3.05) is 13.1 Å². The first kappa shape index (κ1) is 61.1. The third-order valence-corrected chi connectivity index (χ3v) is 13.7. The van der Waals surface area contributed by atoms with Crippen LogP contribution in [0.1, 0.15) is 123 Å². The predicted molar refractivity (Wildman–Crippen MR) is 270 cm³/mol. The van der Waals surface area contributed by atoms with Gasteiger partial charge in [-0.1, -0.05) is 82.4 Å². The van der Waals surface area contributed by atoms with Gasteiger partial charge in [-0.15, -0.1) is 0 Å². The number of aromatic hydroxyl groups is 1. The van der Waals surface area contributed by atoms with Crippen molar-refractivity contribution in [2.24, 2.45) is 5.92 Å². The topological polar surface area (TPSA) is 348 Å². The fourth-order valence-electron chi connectivity index (χ4n) is 9.36. The number of carbonyl (C=O) groups is 7. The van der Waals surface area contributed by atoms with E-state index in [-0.39, 0.29) is 25.1 Å². The van der Waals surface area contributed by atoms with Crippen molar-refractivity contribution in [3.05, 3.63) is 54.1 Å². The Hall–Kier alpha value is -5.49. The lowest BCUT2D eigenvalue weighted by atomic mass is 9.99. The molecule has 4 rings (SSSR count). The van der Waals surface area contributed by atoms with Crippen LogP contribution in [-0.4, -0.2) is 184 Å². The number of unbranched alkanes of at least 4 members (excludes halogenated alkanes) is 8. The Kier molecular flexibility index (Phi) is 24.9. The number of rotatable bonds is 20. The van der Waals surface area contributed by atoms with Gasteiger partial charge < -0.3 is 77.2 Å². The van der Waals surface area contributed by atoms with Crippen LogP contribution in [0.15, 0.2) is 48.6 Å². The van der Waals surface area contributed by atoms with Crippen LogP contribution >= 0.6 is 0 Å². The van der Waals surface area contributed by atoms with E-state index in [9.17, 15) is 74.4 Å². The van der Waals surface area contributed by atoms with Gasteiger partial charge in [0, 0.05) is 44.7 Å². The van der Waals surface area contributed by atoms with Crippen molar-refractivity contribution < 1.29 is 74.4 Å². The first-order valence-electron chi connectivity index (χ1n) is 26.1. The van der Waals surface area contributed by atoms with E-state index in [1.807, 2.05) is 0 Å². The van der Waals surface area contributed by atoms with Crippen LogP contribution in [0.5, 0.6) is 5.75 Å². The first-order valence-corrected chi connectivity index (χ1v) is 26.1. The van der Waals surface area contributed by atoms with Crippen LogP contribution < -0.4 is 26.6 Å². The average molecular weight is 1040 g/mol. The summed E-state index contributed by atoms with van der Waals surface area (Å²) in [6.45, 7) is 5.17. The molecule has 414 valence electrons. The molecule has 0 bridgehead atoms. The van der Waals surface area contributed by atoms with E-state index in [0.717, 1.165) is 62.2 Å². The Bertz CT molecular complexity index is 2070. The zero-order valence-corrected chi connectivity index (χ0v) is 43.1. The van der Waals surface area contributed by atoms with Crippen molar-refractivity contribution in [3.8, 4) is 5.75 Å². The van der Waals surface area contributed by atoms with E-state index >= 15 is 0 Å². The molecule has 22 nitrogen and oxygen atoms in total. The second-order valence-corrected chi connectivity index (χ2v) is 20.0. The average Bonchev–Trinajstić information content (AvgIpc) is 3.89. The zero-order chi connectivity index (χ0) is 54.6. The molecule has 0 saturated carbocycles. The third-order valence-electron chi connectivity index (χ3n) is 13.7. The highest BCUT2D eigenvalue weighted by molar-refractivity contribution is 5.98. The quantitative estimate of drug-likeness (QED) is 0.0561. The van der Waals surface area contributed by atoms with Crippen LogP contribution in [-0.2, 0) is 40.0 Å². The van der Waals surface area contributed by atoms with Crippen molar-refractivity contribution in [1.82, 2.24) is 36.4 Å². The summed E-state index contributed by atoms with van der Waals surface area (Å²) in [7, 11) is 0. The van der Waals surface area contributed by atoms with Gasteiger partial charge in [-0.3, -0.25) is 33.6 Å². The van der Waals surface area contributed by atoms with Crippen LogP contribution in [0, 0.1) is 5.92 Å². The van der Waals surface area contributed by atoms with Gasteiger partial charge in [0.15, 0.2) is 6.23 Å². The second kappa shape index (κ2) is 30.2. The molecule has 1 aromatic rings. The zero-order valence-electron chi connectivity index (χ0n) is 43.1.